The van der Waals surface area contributed by atoms with Crippen molar-refractivity contribution < 1.29 is 4.74 Å². The third kappa shape index (κ3) is 6.60. The highest BCUT2D eigenvalue weighted by Gasteiger charge is 1.90. The number of ether oxygens (including phenoxy) is 1. The smallest absolute Gasteiger partial charge is 0.110 e. The molecule has 2 aromatic rings. The summed E-state index contributed by atoms with van der Waals surface area (Å²) in [6.45, 7) is 2.83. The summed E-state index contributed by atoms with van der Waals surface area (Å²) in [4.78, 5) is 0. The van der Waals surface area contributed by atoms with Crippen LogP contribution in [0.4, 0.5) is 0 Å². The van der Waals surface area contributed by atoms with Crippen molar-refractivity contribution >= 4 is 0 Å². The Hall–Kier alpha value is -2.90. The van der Waals surface area contributed by atoms with Crippen LogP contribution < -0.4 is 0 Å². The summed E-state index contributed by atoms with van der Waals surface area (Å²) in [7, 11) is 0. The lowest BCUT2D eigenvalue weighted by molar-refractivity contribution is 0.243. The van der Waals surface area contributed by atoms with Gasteiger partial charge in [0, 0.05) is 11.1 Å². The van der Waals surface area contributed by atoms with Gasteiger partial charge >= 0.3 is 0 Å². The monoisotopic (exact) mass is 300 g/mol. The maximum Gasteiger partial charge on any atom is 0.110 e. The lowest BCUT2D eigenvalue weighted by atomic mass is 10.2. The van der Waals surface area contributed by atoms with E-state index in [1.807, 2.05) is 60.7 Å². The molecule has 0 N–H and O–H groups in total. The minimum absolute atomic E-state index is 0.689. The summed E-state index contributed by atoms with van der Waals surface area (Å²) >= 11 is 0. The molecule has 0 aliphatic heterocycles. The molecule has 1 heteroatoms. The van der Waals surface area contributed by atoms with Gasteiger partial charge in [-0.2, -0.15) is 0 Å². The Labute approximate surface area is 139 Å². The Morgan fingerprint density at radius 1 is 0.870 bits per heavy atom. The summed E-state index contributed by atoms with van der Waals surface area (Å²) < 4.78 is 5.55. The van der Waals surface area contributed by atoms with Gasteiger partial charge < -0.3 is 4.74 Å². The Balaban J connectivity index is 2.15. The molecule has 0 saturated heterocycles. The number of unbranched alkanes of at least 4 members (excludes halogenated alkanes) is 1. The zero-order chi connectivity index (χ0) is 16.2. The molecule has 0 aliphatic rings. The molecule has 114 valence electrons. The van der Waals surface area contributed by atoms with Crippen molar-refractivity contribution in [2.45, 2.75) is 19.8 Å². The van der Waals surface area contributed by atoms with Crippen molar-refractivity contribution in [3.63, 3.8) is 0 Å². The Morgan fingerprint density at radius 3 is 1.87 bits per heavy atom. The second-order valence-corrected chi connectivity index (χ2v) is 4.99. The van der Waals surface area contributed by atoms with E-state index in [2.05, 4.69) is 30.6 Å². The van der Waals surface area contributed by atoms with Crippen molar-refractivity contribution in [3.8, 4) is 23.7 Å². The molecule has 0 bridgehead atoms. The van der Waals surface area contributed by atoms with Crippen molar-refractivity contribution in [2.24, 2.45) is 0 Å². The van der Waals surface area contributed by atoms with E-state index in [0.717, 1.165) is 24.0 Å². The molecule has 0 aromatic heterocycles. The van der Waals surface area contributed by atoms with Gasteiger partial charge in [0.2, 0.25) is 0 Å². The fraction of sp³-hybridized carbons (Fsp3) is 0.182. The number of hydrogen-bond donors (Lipinski definition) is 0. The van der Waals surface area contributed by atoms with Crippen LogP contribution in [0, 0.1) is 23.7 Å². The van der Waals surface area contributed by atoms with Crippen molar-refractivity contribution in [1.29, 1.82) is 0 Å². The van der Waals surface area contributed by atoms with E-state index in [1.165, 1.54) is 0 Å². The van der Waals surface area contributed by atoms with Crippen molar-refractivity contribution in [1.82, 2.24) is 0 Å². The average Bonchev–Trinajstić information content (AvgIpc) is 2.62. The van der Waals surface area contributed by atoms with E-state index in [-0.39, 0.29) is 0 Å². The molecule has 23 heavy (non-hydrogen) atoms. The molecule has 0 fully saturated rings. The second kappa shape index (κ2) is 9.93. The number of benzene rings is 2. The largest absolute Gasteiger partial charge is 0.499 e. The van der Waals surface area contributed by atoms with Crippen molar-refractivity contribution in [2.75, 3.05) is 6.61 Å². The molecule has 0 atom stereocenters. The fourth-order valence-corrected chi connectivity index (χ4v) is 1.78. The highest BCUT2D eigenvalue weighted by molar-refractivity contribution is 5.51. The van der Waals surface area contributed by atoms with Gasteiger partial charge in [-0.3, -0.25) is 0 Å². The standard InChI is InChI=1S/C22H20O/c1-2-3-18-23-19-22(16-14-20-10-6-4-7-11-20)17-15-21-12-8-5-9-13-21/h4-13,19H,2-3,18H2,1H3. The van der Waals surface area contributed by atoms with Gasteiger partial charge in [-0.1, -0.05) is 61.6 Å². The van der Waals surface area contributed by atoms with Crippen LogP contribution in [0.25, 0.3) is 0 Å². The van der Waals surface area contributed by atoms with E-state index in [9.17, 15) is 0 Å². The highest BCUT2D eigenvalue weighted by atomic mass is 16.5. The zero-order valence-electron chi connectivity index (χ0n) is 13.4. The molecule has 2 rings (SSSR count). The molecule has 0 radical (unpaired) electrons. The van der Waals surface area contributed by atoms with Crippen LogP contribution in [0.5, 0.6) is 0 Å². The van der Waals surface area contributed by atoms with E-state index < -0.39 is 0 Å². The van der Waals surface area contributed by atoms with Gasteiger partial charge in [0.15, 0.2) is 0 Å². The SMILES string of the molecule is CCCCOC=C(C#Cc1ccccc1)C#Cc1ccccc1. The number of hydrogen-bond acceptors (Lipinski definition) is 1. The van der Waals surface area contributed by atoms with Gasteiger partial charge in [-0.15, -0.1) is 0 Å². The van der Waals surface area contributed by atoms with Crippen LogP contribution in [0.3, 0.4) is 0 Å². The maximum atomic E-state index is 5.55. The Kier molecular flexibility index (Phi) is 7.11. The first-order valence-corrected chi connectivity index (χ1v) is 7.84. The Bertz CT molecular complexity index is 675. The van der Waals surface area contributed by atoms with Crippen LogP contribution in [-0.2, 0) is 4.74 Å². The normalized spacial score (nSPS) is 8.91. The molecule has 1 nitrogen and oxygen atoms in total. The summed E-state index contributed by atoms with van der Waals surface area (Å²) in [5, 5.41) is 0. The van der Waals surface area contributed by atoms with E-state index in [4.69, 9.17) is 4.74 Å². The molecular formula is C22H20O. The van der Waals surface area contributed by atoms with Gasteiger partial charge in [-0.25, -0.2) is 0 Å². The minimum atomic E-state index is 0.689. The van der Waals surface area contributed by atoms with E-state index in [0.29, 0.717) is 12.2 Å². The number of rotatable bonds is 4. The molecule has 0 unspecified atom stereocenters. The molecule has 0 saturated carbocycles. The molecule has 0 amide bonds. The predicted molar refractivity (Wildman–Crippen MR) is 95.6 cm³/mol. The van der Waals surface area contributed by atoms with E-state index in [1.54, 1.807) is 6.26 Å². The molecular weight excluding hydrogens is 280 g/mol. The lowest BCUT2D eigenvalue weighted by Crippen LogP contribution is -1.87. The lowest BCUT2D eigenvalue weighted by Gasteiger charge is -1.97. The predicted octanol–water partition coefficient (Wildman–Crippen LogP) is 4.79. The summed E-state index contributed by atoms with van der Waals surface area (Å²) in [6.07, 6.45) is 3.80. The van der Waals surface area contributed by atoms with Crippen LogP contribution >= 0.6 is 0 Å². The first kappa shape index (κ1) is 16.5. The van der Waals surface area contributed by atoms with Gasteiger partial charge in [-0.05, 0) is 42.5 Å². The topological polar surface area (TPSA) is 9.23 Å². The number of allylic oxidation sites excluding steroid dienone is 1. The van der Waals surface area contributed by atoms with Gasteiger partial charge in [0.05, 0.1) is 6.61 Å². The van der Waals surface area contributed by atoms with Crippen molar-refractivity contribution in [3.05, 3.63) is 83.6 Å². The molecule has 0 aliphatic carbocycles. The molecule has 0 spiro atoms. The van der Waals surface area contributed by atoms with Crippen LogP contribution in [-0.4, -0.2) is 6.61 Å². The fourth-order valence-electron chi connectivity index (χ4n) is 1.78. The molecule has 0 heterocycles. The van der Waals surface area contributed by atoms with Gasteiger partial charge in [0.25, 0.3) is 0 Å². The zero-order valence-corrected chi connectivity index (χ0v) is 13.4. The van der Waals surface area contributed by atoms with Gasteiger partial charge in [0.1, 0.15) is 11.8 Å². The maximum absolute atomic E-state index is 5.55. The van der Waals surface area contributed by atoms with Crippen LogP contribution in [0.15, 0.2) is 72.5 Å². The Morgan fingerprint density at radius 2 is 1.39 bits per heavy atom. The average molecular weight is 300 g/mol. The van der Waals surface area contributed by atoms with Crippen LogP contribution in [0.1, 0.15) is 30.9 Å². The third-order valence-electron chi connectivity index (χ3n) is 3.05. The summed E-state index contributed by atoms with van der Waals surface area (Å²) in [5.74, 6) is 12.4. The summed E-state index contributed by atoms with van der Waals surface area (Å²) in [6, 6.07) is 19.8. The highest BCUT2D eigenvalue weighted by Crippen LogP contribution is 2.00. The summed E-state index contributed by atoms with van der Waals surface area (Å²) in [5.41, 5.74) is 2.62. The first-order valence-electron chi connectivity index (χ1n) is 7.84. The minimum Gasteiger partial charge on any atom is -0.499 e. The first-order chi connectivity index (χ1) is 11.4. The third-order valence-corrected chi connectivity index (χ3v) is 3.05. The second-order valence-electron chi connectivity index (χ2n) is 4.99. The molecule has 2 aromatic carbocycles. The van der Waals surface area contributed by atoms with Crippen LogP contribution in [0.2, 0.25) is 0 Å². The van der Waals surface area contributed by atoms with E-state index >= 15 is 0 Å². The quantitative estimate of drug-likeness (QED) is 0.448.